The lowest BCUT2D eigenvalue weighted by molar-refractivity contribution is -0.156. The Bertz CT molecular complexity index is 1000. The Morgan fingerprint density at radius 1 is 0.852 bits per heavy atom. The minimum absolute atomic E-state index is 0.0205. The normalized spacial score (nSPS) is 39.1. The molecule has 138 valence electrons. The van der Waals surface area contributed by atoms with Crippen molar-refractivity contribution in [1.29, 1.82) is 0 Å². The third kappa shape index (κ3) is 1.42. The lowest BCUT2D eigenvalue weighted by Gasteiger charge is -2.51. The van der Waals surface area contributed by atoms with Gasteiger partial charge in [0.1, 0.15) is 6.10 Å². The van der Waals surface area contributed by atoms with Crippen LogP contribution in [-0.4, -0.2) is 22.8 Å². The van der Waals surface area contributed by atoms with Crippen LogP contribution in [0.2, 0.25) is 0 Å². The van der Waals surface area contributed by atoms with E-state index in [0.717, 1.165) is 16.7 Å². The zero-order valence-electron chi connectivity index (χ0n) is 16.1. The first kappa shape index (κ1) is 16.9. The third-order valence-electron chi connectivity index (χ3n) is 7.76. The van der Waals surface area contributed by atoms with Gasteiger partial charge in [-0.2, -0.15) is 0 Å². The van der Waals surface area contributed by atoms with E-state index in [1.807, 2.05) is 76.2 Å². The Morgan fingerprint density at radius 2 is 1.41 bits per heavy atom. The number of aliphatic hydroxyl groups excluding tert-OH is 1. The summed E-state index contributed by atoms with van der Waals surface area (Å²) in [5.41, 5.74) is -0.505. The van der Waals surface area contributed by atoms with Crippen molar-refractivity contribution in [3.8, 4) is 0 Å². The molecule has 5 rings (SSSR count). The highest BCUT2D eigenvalue weighted by molar-refractivity contribution is 6.18. The number of aliphatic hydroxyl groups is 1. The number of hydrogen-bond acceptors (Lipinski definition) is 3. The van der Waals surface area contributed by atoms with Crippen molar-refractivity contribution in [2.24, 2.45) is 16.7 Å². The van der Waals surface area contributed by atoms with Crippen LogP contribution in [0.3, 0.4) is 0 Å². The van der Waals surface area contributed by atoms with Crippen molar-refractivity contribution in [2.45, 2.75) is 44.6 Å². The maximum atomic E-state index is 14.0. The summed E-state index contributed by atoms with van der Waals surface area (Å²) in [5.74, 6) is -0.591. The molecule has 2 aromatic carbocycles. The first-order valence-corrected chi connectivity index (χ1v) is 9.60. The molecule has 0 aliphatic heterocycles. The predicted octanol–water partition coefficient (Wildman–Crippen LogP) is 3.42. The van der Waals surface area contributed by atoms with Crippen LogP contribution in [0.1, 0.15) is 44.4 Å². The molecule has 3 heteroatoms. The number of Topliss-reactive ketones (excluding diaryl/α,β-unsaturated/α-hetero) is 2. The fourth-order valence-electron chi connectivity index (χ4n) is 6.65. The van der Waals surface area contributed by atoms with E-state index in [4.69, 9.17) is 0 Å². The van der Waals surface area contributed by atoms with Gasteiger partial charge in [-0.25, -0.2) is 0 Å². The van der Waals surface area contributed by atoms with Crippen LogP contribution >= 0.6 is 0 Å². The maximum Gasteiger partial charge on any atom is 0.170 e. The minimum atomic E-state index is -1.32. The average Bonchev–Trinajstić information content (AvgIpc) is 3.25. The number of carbonyl (C=O) groups is 2. The molecule has 0 heterocycles. The first-order valence-electron chi connectivity index (χ1n) is 9.60. The molecule has 0 amide bonds. The maximum absolute atomic E-state index is 14.0. The zero-order valence-corrected chi connectivity index (χ0v) is 16.1. The molecule has 3 aliphatic carbocycles. The topological polar surface area (TPSA) is 54.4 Å². The fraction of sp³-hybridized carbons (Fsp3) is 0.417. The van der Waals surface area contributed by atoms with E-state index in [1.165, 1.54) is 0 Å². The molecule has 2 aromatic rings. The van der Waals surface area contributed by atoms with Gasteiger partial charge < -0.3 is 5.11 Å². The smallest absolute Gasteiger partial charge is 0.170 e. The second-order valence-electron chi connectivity index (χ2n) is 9.54. The summed E-state index contributed by atoms with van der Waals surface area (Å²) in [6, 6.07) is 17.8. The fourth-order valence-corrected chi connectivity index (χ4v) is 6.65. The summed E-state index contributed by atoms with van der Waals surface area (Å²) < 4.78 is 0. The lowest BCUT2D eigenvalue weighted by atomic mass is 9.51. The molecule has 1 N–H and O–H groups in total. The van der Waals surface area contributed by atoms with Gasteiger partial charge in [0.25, 0.3) is 0 Å². The second-order valence-corrected chi connectivity index (χ2v) is 9.54. The standard InChI is InChI=1S/C24H24O3/c1-21(2,3)24-16-13-9-8-12-15(16)23(14-10-6-5-7-11-14)17(18(24)25)22(23,4)19(26)20(24)27/h5-13,17,20,27H,1-4H3/t17?,20-,22+,23+,24-/m0/s1. The molecule has 3 aliphatic rings. The molecule has 27 heavy (non-hydrogen) atoms. The average molecular weight is 360 g/mol. The molecule has 5 atom stereocenters. The monoisotopic (exact) mass is 360 g/mol. The molecule has 0 aromatic heterocycles. The third-order valence-corrected chi connectivity index (χ3v) is 7.76. The lowest BCUT2D eigenvalue weighted by Crippen LogP contribution is -2.63. The number of rotatable bonds is 1. The molecule has 3 nitrogen and oxygen atoms in total. The van der Waals surface area contributed by atoms with Crippen molar-refractivity contribution in [3.05, 3.63) is 71.3 Å². The Morgan fingerprint density at radius 3 is 2.00 bits per heavy atom. The van der Waals surface area contributed by atoms with Gasteiger partial charge in [-0.05, 0) is 22.1 Å². The van der Waals surface area contributed by atoms with Crippen molar-refractivity contribution in [2.75, 3.05) is 0 Å². The summed E-state index contributed by atoms with van der Waals surface area (Å²) in [6.45, 7) is 7.75. The van der Waals surface area contributed by atoms with Gasteiger partial charge in [0.2, 0.25) is 0 Å². The predicted molar refractivity (Wildman–Crippen MR) is 102 cm³/mol. The Kier molecular flexibility index (Phi) is 2.87. The Balaban J connectivity index is 1.97. The minimum Gasteiger partial charge on any atom is -0.384 e. The molecule has 0 spiro atoms. The van der Waals surface area contributed by atoms with E-state index in [-0.39, 0.29) is 11.6 Å². The van der Waals surface area contributed by atoms with Crippen LogP contribution in [0.15, 0.2) is 54.6 Å². The summed E-state index contributed by atoms with van der Waals surface area (Å²) in [6.07, 6.45) is -1.32. The van der Waals surface area contributed by atoms with Crippen LogP contribution in [0.4, 0.5) is 0 Å². The second kappa shape index (κ2) is 4.59. The highest BCUT2D eigenvalue weighted by atomic mass is 16.3. The number of benzene rings is 2. The molecule has 2 bridgehead atoms. The van der Waals surface area contributed by atoms with Crippen molar-refractivity contribution in [3.63, 3.8) is 0 Å². The quantitative estimate of drug-likeness (QED) is 0.848. The molecule has 0 radical (unpaired) electrons. The molecule has 2 saturated carbocycles. The largest absolute Gasteiger partial charge is 0.384 e. The van der Waals surface area contributed by atoms with Gasteiger partial charge in [-0.15, -0.1) is 0 Å². The van der Waals surface area contributed by atoms with Gasteiger partial charge in [-0.1, -0.05) is 82.3 Å². The van der Waals surface area contributed by atoms with E-state index in [2.05, 4.69) is 6.07 Å². The molecular weight excluding hydrogens is 336 g/mol. The van der Waals surface area contributed by atoms with Gasteiger partial charge in [0.05, 0.1) is 10.8 Å². The highest BCUT2D eigenvalue weighted by Gasteiger charge is 2.90. The summed E-state index contributed by atoms with van der Waals surface area (Å²) in [5, 5.41) is 11.3. The van der Waals surface area contributed by atoms with E-state index >= 15 is 0 Å². The first-order chi connectivity index (χ1) is 12.7. The van der Waals surface area contributed by atoms with Crippen molar-refractivity contribution >= 4 is 11.6 Å². The van der Waals surface area contributed by atoms with Crippen LogP contribution in [0.5, 0.6) is 0 Å². The van der Waals surface area contributed by atoms with Crippen LogP contribution < -0.4 is 0 Å². The van der Waals surface area contributed by atoms with E-state index < -0.39 is 33.7 Å². The number of fused-ring (bicyclic) bond motifs is 5. The number of hydrogen-bond donors (Lipinski definition) is 1. The number of carbonyl (C=O) groups excluding carboxylic acids is 2. The van der Waals surface area contributed by atoms with E-state index in [9.17, 15) is 14.7 Å². The van der Waals surface area contributed by atoms with Gasteiger partial charge in [0, 0.05) is 11.3 Å². The van der Waals surface area contributed by atoms with E-state index in [0.29, 0.717) is 0 Å². The SMILES string of the molecule is CC(C)(C)[C@]12C(=O)C3[C@@](c4ccccc4)(c4ccccc41)[C@@]3(C)C(=O)[C@@H]2O. The van der Waals surface area contributed by atoms with Crippen molar-refractivity contribution in [1.82, 2.24) is 0 Å². The number of ketones is 2. The van der Waals surface area contributed by atoms with Gasteiger partial charge in [0.15, 0.2) is 11.6 Å². The zero-order chi connectivity index (χ0) is 19.4. The van der Waals surface area contributed by atoms with Crippen LogP contribution in [0.25, 0.3) is 0 Å². The summed E-state index contributed by atoms with van der Waals surface area (Å²) in [7, 11) is 0. The molecule has 1 unspecified atom stereocenters. The molecule has 2 fully saturated rings. The molecular formula is C24H24O3. The van der Waals surface area contributed by atoms with Gasteiger partial charge in [-0.3, -0.25) is 9.59 Å². The van der Waals surface area contributed by atoms with Crippen LogP contribution in [0, 0.1) is 16.7 Å². The van der Waals surface area contributed by atoms with Crippen LogP contribution in [-0.2, 0) is 20.4 Å². The van der Waals surface area contributed by atoms with Crippen molar-refractivity contribution < 1.29 is 14.7 Å². The highest BCUT2D eigenvalue weighted by Crippen LogP contribution is 2.81. The molecule has 0 saturated heterocycles. The summed E-state index contributed by atoms with van der Waals surface area (Å²) >= 11 is 0. The summed E-state index contributed by atoms with van der Waals surface area (Å²) in [4.78, 5) is 27.6. The Labute approximate surface area is 159 Å². The Hall–Kier alpha value is -2.26. The van der Waals surface area contributed by atoms with Gasteiger partial charge >= 0.3 is 0 Å². The van der Waals surface area contributed by atoms with E-state index in [1.54, 1.807) is 0 Å².